The summed E-state index contributed by atoms with van der Waals surface area (Å²) in [6, 6.07) is 16.4. The lowest BCUT2D eigenvalue weighted by molar-refractivity contribution is 0.740. The van der Waals surface area contributed by atoms with Gasteiger partial charge in [0.15, 0.2) is 0 Å². The maximum Gasteiger partial charge on any atom is 0.232 e. The molecule has 3 aromatic rings. The molecule has 2 heterocycles. The predicted octanol–water partition coefficient (Wildman–Crippen LogP) is 5.26. The summed E-state index contributed by atoms with van der Waals surface area (Å²) in [6.45, 7) is 4.24. The van der Waals surface area contributed by atoms with E-state index in [0.717, 1.165) is 23.5 Å². The van der Waals surface area contributed by atoms with Crippen LogP contribution in [0.2, 0.25) is 5.02 Å². The van der Waals surface area contributed by atoms with Crippen molar-refractivity contribution in [2.45, 2.75) is 26.3 Å². The van der Waals surface area contributed by atoms with Crippen LogP contribution in [0.25, 0.3) is 0 Å². The average Bonchev–Trinajstić information content (AvgIpc) is 2.94. The molecule has 4 rings (SSSR count). The summed E-state index contributed by atoms with van der Waals surface area (Å²) in [6.07, 6.45) is 2.79. The van der Waals surface area contributed by atoms with Gasteiger partial charge in [-0.3, -0.25) is 0 Å². The molecular formula is C20H19ClN4. The lowest BCUT2D eigenvalue weighted by Crippen LogP contribution is -2.25. The first-order chi connectivity index (χ1) is 12.1. The fourth-order valence-corrected chi connectivity index (χ4v) is 3.44. The van der Waals surface area contributed by atoms with Crippen molar-refractivity contribution < 1.29 is 0 Å². The third-order valence-electron chi connectivity index (χ3n) is 4.53. The minimum absolute atomic E-state index is 0.334. The van der Waals surface area contributed by atoms with Crippen molar-refractivity contribution in [3.8, 4) is 0 Å². The molecule has 1 unspecified atom stereocenters. The highest BCUT2D eigenvalue weighted by atomic mass is 35.5. The van der Waals surface area contributed by atoms with Crippen LogP contribution in [0.1, 0.15) is 18.1 Å². The minimum Gasteiger partial charge on any atom is -0.340 e. The van der Waals surface area contributed by atoms with E-state index in [1.54, 1.807) is 6.20 Å². The highest BCUT2D eigenvalue weighted by molar-refractivity contribution is 6.30. The van der Waals surface area contributed by atoms with Crippen LogP contribution in [0.5, 0.6) is 0 Å². The number of anilines is 4. The minimum atomic E-state index is 0.334. The molecule has 1 N–H and O–H groups in total. The lowest BCUT2D eigenvalue weighted by Gasteiger charge is -2.23. The van der Waals surface area contributed by atoms with Gasteiger partial charge in [-0.25, -0.2) is 4.98 Å². The van der Waals surface area contributed by atoms with Crippen LogP contribution in [-0.2, 0) is 6.42 Å². The van der Waals surface area contributed by atoms with Gasteiger partial charge in [-0.15, -0.1) is 0 Å². The fraction of sp³-hybridized carbons (Fsp3) is 0.200. The van der Waals surface area contributed by atoms with Crippen molar-refractivity contribution in [1.82, 2.24) is 9.97 Å². The van der Waals surface area contributed by atoms with Crippen LogP contribution < -0.4 is 10.2 Å². The number of hydrogen-bond donors (Lipinski definition) is 1. The number of halogens is 1. The largest absolute Gasteiger partial charge is 0.340 e. The maximum absolute atomic E-state index is 6.11. The van der Waals surface area contributed by atoms with E-state index in [-0.39, 0.29) is 0 Å². The molecule has 0 bridgehead atoms. The van der Waals surface area contributed by atoms with E-state index in [4.69, 9.17) is 16.6 Å². The van der Waals surface area contributed by atoms with Crippen LogP contribution in [0.3, 0.4) is 0 Å². The molecule has 2 aromatic carbocycles. The fourth-order valence-electron chi connectivity index (χ4n) is 3.27. The molecule has 0 spiro atoms. The van der Waals surface area contributed by atoms with Gasteiger partial charge in [0.2, 0.25) is 5.95 Å². The van der Waals surface area contributed by atoms with Crippen LogP contribution >= 0.6 is 11.6 Å². The number of fused-ring (bicyclic) bond motifs is 1. The first kappa shape index (κ1) is 15.9. The summed E-state index contributed by atoms with van der Waals surface area (Å²) in [5, 5.41) is 4.05. The zero-order valence-corrected chi connectivity index (χ0v) is 15.0. The average molecular weight is 351 g/mol. The van der Waals surface area contributed by atoms with E-state index in [9.17, 15) is 0 Å². The number of rotatable bonds is 3. The van der Waals surface area contributed by atoms with Gasteiger partial charge in [0.05, 0.1) is 0 Å². The number of hydrogen-bond acceptors (Lipinski definition) is 4. The quantitative estimate of drug-likeness (QED) is 0.699. The molecule has 0 saturated heterocycles. The van der Waals surface area contributed by atoms with Gasteiger partial charge in [0.1, 0.15) is 5.82 Å². The van der Waals surface area contributed by atoms with Gasteiger partial charge in [0, 0.05) is 28.6 Å². The Labute approximate surface area is 152 Å². The van der Waals surface area contributed by atoms with Gasteiger partial charge < -0.3 is 10.2 Å². The molecule has 4 nitrogen and oxygen atoms in total. The highest BCUT2D eigenvalue weighted by Gasteiger charge is 2.28. The van der Waals surface area contributed by atoms with E-state index < -0.39 is 0 Å². The monoisotopic (exact) mass is 350 g/mol. The Bertz CT molecular complexity index is 925. The number of nitrogens with one attached hydrogen (secondary N) is 1. The van der Waals surface area contributed by atoms with Crippen molar-refractivity contribution in [3.05, 3.63) is 70.9 Å². The van der Waals surface area contributed by atoms with Gasteiger partial charge in [-0.1, -0.05) is 35.9 Å². The topological polar surface area (TPSA) is 41.1 Å². The Morgan fingerprint density at radius 3 is 2.88 bits per heavy atom. The van der Waals surface area contributed by atoms with Crippen molar-refractivity contribution in [2.24, 2.45) is 0 Å². The first-order valence-corrected chi connectivity index (χ1v) is 8.73. The molecule has 1 aliphatic heterocycles. The molecule has 1 atom stereocenters. The second-order valence-electron chi connectivity index (χ2n) is 6.38. The Balaban J connectivity index is 1.67. The van der Waals surface area contributed by atoms with Gasteiger partial charge in [-0.05, 0) is 55.7 Å². The molecule has 1 aliphatic rings. The summed E-state index contributed by atoms with van der Waals surface area (Å²) in [5.74, 6) is 1.47. The normalized spacial score (nSPS) is 16.0. The van der Waals surface area contributed by atoms with E-state index >= 15 is 0 Å². The SMILES string of the molecule is Cc1ccc(Cl)cc1Nc1ccnc(N2c3ccccc3CC2C)n1. The molecule has 0 radical (unpaired) electrons. The number of aromatic nitrogens is 2. The second kappa shape index (κ2) is 6.37. The molecule has 25 heavy (non-hydrogen) atoms. The van der Waals surface area contributed by atoms with Gasteiger partial charge >= 0.3 is 0 Å². The van der Waals surface area contributed by atoms with E-state index in [1.165, 1.54) is 11.3 Å². The van der Waals surface area contributed by atoms with E-state index in [2.05, 4.69) is 46.4 Å². The van der Waals surface area contributed by atoms with Gasteiger partial charge in [0.25, 0.3) is 0 Å². The molecule has 5 heteroatoms. The molecular weight excluding hydrogens is 332 g/mol. The van der Waals surface area contributed by atoms with Gasteiger partial charge in [-0.2, -0.15) is 4.98 Å². The highest BCUT2D eigenvalue weighted by Crippen LogP contribution is 2.36. The third kappa shape index (κ3) is 3.05. The van der Waals surface area contributed by atoms with E-state index in [0.29, 0.717) is 17.0 Å². The van der Waals surface area contributed by atoms with E-state index in [1.807, 2.05) is 31.2 Å². The number of para-hydroxylation sites is 1. The van der Waals surface area contributed by atoms with Crippen LogP contribution in [0, 0.1) is 6.92 Å². The summed E-state index contributed by atoms with van der Waals surface area (Å²) in [4.78, 5) is 11.4. The first-order valence-electron chi connectivity index (χ1n) is 8.35. The zero-order chi connectivity index (χ0) is 17.4. The summed E-state index contributed by atoms with van der Waals surface area (Å²) in [5.41, 5.74) is 4.59. The molecule has 0 amide bonds. The zero-order valence-electron chi connectivity index (χ0n) is 14.2. The molecule has 0 saturated carbocycles. The smallest absolute Gasteiger partial charge is 0.232 e. The van der Waals surface area contributed by atoms with Crippen LogP contribution in [0.15, 0.2) is 54.7 Å². The summed E-state index contributed by atoms with van der Waals surface area (Å²) >= 11 is 6.11. The summed E-state index contributed by atoms with van der Waals surface area (Å²) in [7, 11) is 0. The maximum atomic E-state index is 6.11. The Hall–Kier alpha value is -2.59. The van der Waals surface area contributed by atoms with Crippen molar-refractivity contribution in [3.63, 3.8) is 0 Å². The Morgan fingerprint density at radius 2 is 2.00 bits per heavy atom. The standard InChI is InChI=1S/C20H19ClN4/c1-13-7-8-16(21)12-17(13)23-19-9-10-22-20(24-19)25-14(2)11-15-5-3-4-6-18(15)25/h3-10,12,14H,11H2,1-2H3,(H,22,23,24). The Morgan fingerprint density at radius 1 is 1.16 bits per heavy atom. The number of nitrogens with zero attached hydrogens (tertiary/aromatic N) is 3. The second-order valence-corrected chi connectivity index (χ2v) is 6.81. The number of benzene rings is 2. The molecule has 1 aromatic heterocycles. The number of aryl methyl sites for hydroxylation is 1. The van der Waals surface area contributed by atoms with Crippen LogP contribution in [-0.4, -0.2) is 16.0 Å². The van der Waals surface area contributed by atoms with Crippen LogP contribution in [0.4, 0.5) is 23.1 Å². The van der Waals surface area contributed by atoms with Crippen molar-refractivity contribution in [2.75, 3.05) is 10.2 Å². The molecule has 126 valence electrons. The lowest BCUT2D eigenvalue weighted by atomic mass is 10.1. The summed E-state index contributed by atoms with van der Waals surface area (Å²) < 4.78 is 0. The third-order valence-corrected chi connectivity index (χ3v) is 4.76. The van der Waals surface area contributed by atoms with Crippen molar-refractivity contribution >= 4 is 34.7 Å². The molecule has 0 fully saturated rings. The Kier molecular flexibility index (Phi) is 4.06. The van der Waals surface area contributed by atoms with Crippen molar-refractivity contribution in [1.29, 1.82) is 0 Å². The predicted molar refractivity (Wildman–Crippen MR) is 103 cm³/mol. The molecule has 0 aliphatic carbocycles.